The number of nitrogens with one attached hydrogen (secondary N) is 1. The zero-order valence-electron chi connectivity index (χ0n) is 24.0. The number of anilines is 1. The molecule has 5 rings (SSSR count). The maximum Gasteiger partial charge on any atom is 0.326 e. The third-order valence-electron chi connectivity index (χ3n) is 8.14. The first-order valence-corrected chi connectivity index (χ1v) is 14.8. The summed E-state index contributed by atoms with van der Waals surface area (Å²) in [4.78, 5) is 26.4. The van der Waals surface area contributed by atoms with Crippen LogP contribution in [0.1, 0.15) is 81.9 Å². The van der Waals surface area contributed by atoms with Gasteiger partial charge in [0.2, 0.25) is 0 Å². The second-order valence-corrected chi connectivity index (χ2v) is 12.4. The average molecular weight is 543 g/mol. The van der Waals surface area contributed by atoms with Crippen molar-refractivity contribution in [2.24, 2.45) is 5.92 Å². The Hall–Kier alpha value is -3.32. The minimum absolute atomic E-state index is 0.207. The molecule has 1 saturated carbocycles. The zero-order valence-corrected chi connectivity index (χ0v) is 24.0. The van der Waals surface area contributed by atoms with E-state index in [1.54, 1.807) is 0 Å². The molecule has 2 N–H and O–H groups in total. The largest absolute Gasteiger partial charge is 0.480 e. The van der Waals surface area contributed by atoms with E-state index < -0.39 is 12.0 Å². The van der Waals surface area contributed by atoms with Crippen molar-refractivity contribution < 1.29 is 14.6 Å². The standard InChI is InChI=1S/C33H42N4O3/c1-33(2,3)29-21-30(37-31(36-29)24-10-5-4-6-11-24)35-28(32(38)39)17-18-40-26-19-22(20-26)13-15-25-16-14-23-9-7-8-12-27(23)34-25/h4-6,10-11,14,16,21-22,26,28H,7-9,12-13,15,17-20H2,1-3H3,(H,38,39)(H,35,36,37)/t22?,26?,28-/m0/s1. The molecule has 1 aromatic carbocycles. The number of aromatic nitrogens is 3. The van der Waals surface area contributed by atoms with Gasteiger partial charge in [-0.05, 0) is 68.9 Å². The van der Waals surface area contributed by atoms with Crippen LogP contribution in [-0.2, 0) is 34.2 Å². The summed E-state index contributed by atoms with van der Waals surface area (Å²) in [6, 6.07) is 15.3. The Labute approximate surface area is 237 Å². The number of aliphatic carboxylic acids is 1. The number of fused-ring (bicyclic) bond motifs is 1. The van der Waals surface area contributed by atoms with Crippen LogP contribution >= 0.6 is 0 Å². The highest BCUT2D eigenvalue weighted by molar-refractivity contribution is 5.77. The van der Waals surface area contributed by atoms with Crippen LogP contribution < -0.4 is 5.32 Å². The van der Waals surface area contributed by atoms with Crippen molar-refractivity contribution in [3.05, 3.63) is 71.2 Å². The number of aryl methyl sites for hydroxylation is 3. The summed E-state index contributed by atoms with van der Waals surface area (Å²) in [5, 5.41) is 13.1. The van der Waals surface area contributed by atoms with E-state index >= 15 is 0 Å². The normalized spacial score (nSPS) is 19.4. The lowest BCUT2D eigenvalue weighted by Crippen LogP contribution is -2.35. The van der Waals surface area contributed by atoms with Gasteiger partial charge in [0.15, 0.2) is 5.82 Å². The Balaban J connectivity index is 1.10. The Morgan fingerprint density at radius 2 is 1.82 bits per heavy atom. The van der Waals surface area contributed by atoms with Crippen LogP contribution in [0.2, 0.25) is 0 Å². The van der Waals surface area contributed by atoms with Gasteiger partial charge < -0.3 is 15.2 Å². The van der Waals surface area contributed by atoms with E-state index in [0.29, 0.717) is 30.6 Å². The summed E-state index contributed by atoms with van der Waals surface area (Å²) < 4.78 is 6.07. The van der Waals surface area contributed by atoms with Crippen LogP contribution in [0.4, 0.5) is 5.82 Å². The lowest BCUT2D eigenvalue weighted by molar-refractivity contribution is -0.138. The fraction of sp³-hybridized carbons (Fsp3) is 0.515. The second-order valence-electron chi connectivity index (χ2n) is 12.4. The summed E-state index contributed by atoms with van der Waals surface area (Å²) >= 11 is 0. The van der Waals surface area contributed by atoms with Crippen LogP contribution in [0.15, 0.2) is 48.5 Å². The number of pyridine rings is 1. The first-order valence-electron chi connectivity index (χ1n) is 14.8. The van der Waals surface area contributed by atoms with Gasteiger partial charge in [-0.25, -0.2) is 14.8 Å². The molecule has 0 unspecified atom stereocenters. The van der Waals surface area contributed by atoms with Crippen molar-refractivity contribution in [2.45, 2.75) is 96.1 Å². The van der Waals surface area contributed by atoms with Crippen molar-refractivity contribution >= 4 is 11.8 Å². The lowest BCUT2D eigenvalue weighted by atomic mass is 9.79. The van der Waals surface area contributed by atoms with E-state index in [1.165, 1.54) is 36.2 Å². The molecule has 3 aromatic rings. The maximum atomic E-state index is 12.1. The third-order valence-corrected chi connectivity index (χ3v) is 8.14. The van der Waals surface area contributed by atoms with Crippen LogP contribution in [0, 0.1) is 5.92 Å². The number of carbonyl (C=O) groups is 1. The minimum Gasteiger partial charge on any atom is -0.480 e. The smallest absolute Gasteiger partial charge is 0.326 e. The molecule has 2 heterocycles. The van der Waals surface area contributed by atoms with Crippen LogP contribution in [0.5, 0.6) is 0 Å². The van der Waals surface area contributed by atoms with Crippen molar-refractivity contribution in [3.63, 3.8) is 0 Å². The predicted octanol–water partition coefficient (Wildman–Crippen LogP) is 6.40. The van der Waals surface area contributed by atoms with Gasteiger partial charge in [0.25, 0.3) is 0 Å². The van der Waals surface area contributed by atoms with Gasteiger partial charge in [-0.15, -0.1) is 0 Å². The van der Waals surface area contributed by atoms with Crippen molar-refractivity contribution in [1.29, 1.82) is 0 Å². The summed E-state index contributed by atoms with van der Waals surface area (Å²) in [6.07, 6.45) is 9.66. The second kappa shape index (κ2) is 12.5. The molecule has 0 spiro atoms. The molecule has 2 aliphatic carbocycles. The lowest BCUT2D eigenvalue weighted by Gasteiger charge is -2.35. The van der Waals surface area contributed by atoms with Gasteiger partial charge in [0.1, 0.15) is 11.9 Å². The molecule has 2 aliphatic rings. The minimum atomic E-state index is -0.912. The molecule has 1 fully saturated rings. The number of rotatable bonds is 11. The molecule has 1 atom stereocenters. The first kappa shape index (κ1) is 28.2. The summed E-state index contributed by atoms with van der Waals surface area (Å²) in [5.41, 5.74) is 5.51. The average Bonchev–Trinajstić information content (AvgIpc) is 2.92. The Kier molecular flexibility index (Phi) is 8.79. The monoisotopic (exact) mass is 542 g/mol. The van der Waals surface area contributed by atoms with Crippen LogP contribution in [-0.4, -0.2) is 44.8 Å². The van der Waals surface area contributed by atoms with Gasteiger partial charge in [-0.1, -0.05) is 57.2 Å². The Bertz CT molecular complexity index is 1300. The van der Waals surface area contributed by atoms with Gasteiger partial charge in [-0.2, -0.15) is 0 Å². The maximum absolute atomic E-state index is 12.1. The summed E-state index contributed by atoms with van der Waals surface area (Å²) in [6.45, 7) is 6.67. The van der Waals surface area contributed by atoms with Crippen LogP contribution in [0.3, 0.4) is 0 Å². The van der Waals surface area contributed by atoms with E-state index in [9.17, 15) is 9.90 Å². The number of hydrogen-bond acceptors (Lipinski definition) is 6. The number of carboxylic acid groups (broad SMARTS) is 1. The molecule has 7 heteroatoms. The molecule has 0 saturated heterocycles. The molecule has 2 aromatic heterocycles. The van der Waals surface area contributed by atoms with Crippen molar-refractivity contribution in [1.82, 2.24) is 15.0 Å². The Morgan fingerprint density at radius 1 is 1.05 bits per heavy atom. The van der Waals surface area contributed by atoms with Crippen LogP contribution in [0.25, 0.3) is 11.4 Å². The van der Waals surface area contributed by atoms with Crippen molar-refractivity contribution in [2.75, 3.05) is 11.9 Å². The van der Waals surface area contributed by atoms with E-state index in [1.807, 2.05) is 36.4 Å². The highest BCUT2D eigenvalue weighted by atomic mass is 16.5. The number of benzene rings is 1. The number of nitrogens with zero attached hydrogens (tertiary/aromatic N) is 3. The fourth-order valence-corrected chi connectivity index (χ4v) is 5.58. The highest BCUT2D eigenvalue weighted by Gasteiger charge is 2.30. The van der Waals surface area contributed by atoms with Gasteiger partial charge in [-0.3, -0.25) is 4.98 Å². The molecule has 0 radical (unpaired) electrons. The Morgan fingerprint density at radius 3 is 2.58 bits per heavy atom. The van der Waals surface area contributed by atoms with E-state index in [4.69, 9.17) is 14.7 Å². The summed E-state index contributed by atoms with van der Waals surface area (Å²) in [7, 11) is 0. The highest BCUT2D eigenvalue weighted by Crippen LogP contribution is 2.34. The molecular weight excluding hydrogens is 500 g/mol. The molecule has 0 bridgehead atoms. The molecule has 7 nitrogen and oxygen atoms in total. The van der Waals surface area contributed by atoms with Gasteiger partial charge >= 0.3 is 5.97 Å². The molecule has 0 amide bonds. The van der Waals surface area contributed by atoms with Crippen molar-refractivity contribution in [3.8, 4) is 11.4 Å². The predicted molar refractivity (Wildman–Crippen MR) is 157 cm³/mol. The summed E-state index contributed by atoms with van der Waals surface area (Å²) in [5.74, 6) is 0.849. The van der Waals surface area contributed by atoms with E-state index in [-0.39, 0.29) is 11.5 Å². The number of carboxylic acids is 1. The van der Waals surface area contributed by atoms with E-state index in [2.05, 4.69) is 43.2 Å². The molecular formula is C33H42N4O3. The van der Waals surface area contributed by atoms with Gasteiger partial charge in [0.05, 0.1) is 11.8 Å². The molecule has 212 valence electrons. The third kappa shape index (κ3) is 7.25. The first-order chi connectivity index (χ1) is 19.2. The zero-order chi connectivity index (χ0) is 28.1. The fourth-order valence-electron chi connectivity index (χ4n) is 5.58. The molecule has 0 aliphatic heterocycles. The number of hydrogen-bond donors (Lipinski definition) is 2. The molecule has 40 heavy (non-hydrogen) atoms. The SMILES string of the molecule is CC(C)(C)c1cc(N[C@@H](CCOC2CC(CCc3ccc4c(n3)CCCC4)C2)C(=O)O)nc(-c2ccccc2)n1. The quantitative estimate of drug-likeness (QED) is 0.289. The van der Waals surface area contributed by atoms with Gasteiger partial charge in [0, 0.05) is 41.5 Å². The van der Waals surface area contributed by atoms with E-state index in [0.717, 1.165) is 43.4 Å². The topological polar surface area (TPSA) is 97.2 Å². The number of ether oxygens (including phenoxy) is 1.